The van der Waals surface area contributed by atoms with Crippen LogP contribution in [0.25, 0.3) is 0 Å². The lowest BCUT2D eigenvalue weighted by Crippen LogP contribution is -1.94. The highest BCUT2D eigenvalue weighted by Crippen LogP contribution is 2.39. The van der Waals surface area contributed by atoms with E-state index in [1.807, 2.05) is 0 Å². The van der Waals surface area contributed by atoms with Gasteiger partial charge in [-0.2, -0.15) is 0 Å². The van der Waals surface area contributed by atoms with Crippen LogP contribution in [0.15, 0.2) is 0 Å². The zero-order valence-corrected chi connectivity index (χ0v) is 9.11. The lowest BCUT2D eigenvalue weighted by Gasteiger charge is -2.15. The quantitative estimate of drug-likeness (QED) is 0.599. The van der Waals surface area contributed by atoms with Gasteiger partial charge in [0, 0.05) is 14.8 Å². The minimum absolute atomic E-state index is 0.0325. The molecule has 0 spiro atoms. The van der Waals surface area contributed by atoms with Gasteiger partial charge in [-0.25, -0.2) is 0 Å². The van der Waals surface area contributed by atoms with E-state index in [0.717, 1.165) is 6.61 Å². The Kier molecular flexibility index (Phi) is 5.98. The van der Waals surface area contributed by atoms with E-state index in [1.165, 1.54) is 50.8 Å². The molecule has 0 radical (unpaired) electrons. The molecule has 0 atom stereocenters. The van der Waals surface area contributed by atoms with Gasteiger partial charge in [-0.05, 0) is 32.1 Å². The van der Waals surface area contributed by atoms with E-state index in [-0.39, 0.29) is 8.15 Å². The zero-order chi connectivity index (χ0) is 8.65. The van der Waals surface area contributed by atoms with Gasteiger partial charge in [-0.3, -0.25) is 0 Å². The maximum atomic E-state index is 5.74. The van der Waals surface area contributed by atoms with Crippen molar-refractivity contribution in [2.24, 2.45) is 0 Å². The Balaban J connectivity index is 2.19. The molecule has 1 aliphatic rings. The minimum Gasteiger partial charge on any atom is -0.360 e. The molecule has 0 aliphatic carbocycles. The highest BCUT2D eigenvalue weighted by molar-refractivity contribution is 7.52. The summed E-state index contributed by atoms with van der Waals surface area (Å²) in [7, 11) is -0.0325. The van der Waals surface area contributed by atoms with Gasteiger partial charge < -0.3 is 4.52 Å². The molecular formula is C10H21OP. The lowest BCUT2D eigenvalue weighted by atomic mass is 10.1. The summed E-state index contributed by atoms with van der Waals surface area (Å²) in [5, 5.41) is 0. The fourth-order valence-electron chi connectivity index (χ4n) is 1.71. The van der Waals surface area contributed by atoms with E-state index in [0.29, 0.717) is 0 Å². The fourth-order valence-corrected chi connectivity index (χ4v) is 3.71. The monoisotopic (exact) mass is 188 g/mol. The van der Waals surface area contributed by atoms with Gasteiger partial charge in [0.1, 0.15) is 0 Å². The summed E-state index contributed by atoms with van der Waals surface area (Å²) in [6.45, 7) is 3.04. The van der Waals surface area contributed by atoms with Gasteiger partial charge >= 0.3 is 0 Å². The van der Waals surface area contributed by atoms with Gasteiger partial charge in [0.15, 0.2) is 0 Å². The summed E-state index contributed by atoms with van der Waals surface area (Å²) < 4.78 is 5.74. The topological polar surface area (TPSA) is 9.23 Å². The van der Waals surface area contributed by atoms with Gasteiger partial charge in [-0.1, -0.05) is 25.7 Å². The second kappa shape index (κ2) is 6.86. The molecule has 0 aromatic rings. The second-order valence-electron chi connectivity index (χ2n) is 3.47. The Morgan fingerprint density at radius 3 is 1.92 bits per heavy atom. The SMILES string of the molecule is CCOP1CCCCCCCC1. The van der Waals surface area contributed by atoms with Gasteiger partial charge in [0.25, 0.3) is 0 Å². The van der Waals surface area contributed by atoms with Crippen molar-refractivity contribution in [1.82, 2.24) is 0 Å². The molecule has 12 heavy (non-hydrogen) atoms. The van der Waals surface area contributed by atoms with Crippen molar-refractivity contribution in [1.29, 1.82) is 0 Å². The Bertz CT molecular complexity index is 96.0. The molecule has 0 aromatic carbocycles. The van der Waals surface area contributed by atoms with E-state index in [1.54, 1.807) is 0 Å². The van der Waals surface area contributed by atoms with Crippen molar-refractivity contribution in [3.05, 3.63) is 0 Å². The third-order valence-electron chi connectivity index (χ3n) is 2.38. The van der Waals surface area contributed by atoms with Crippen LogP contribution in [0.3, 0.4) is 0 Å². The van der Waals surface area contributed by atoms with Crippen molar-refractivity contribution < 1.29 is 4.52 Å². The molecule has 0 saturated carbocycles. The van der Waals surface area contributed by atoms with Crippen molar-refractivity contribution in [2.75, 3.05) is 18.9 Å². The highest BCUT2D eigenvalue weighted by Gasteiger charge is 2.09. The summed E-state index contributed by atoms with van der Waals surface area (Å²) in [5.74, 6) is 0. The average Bonchev–Trinajstić information content (AvgIpc) is 2.19. The zero-order valence-electron chi connectivity index (χ0n) is 8.22. The van der Waals surface area contributed by atoms with Gasteiger partial charge in [-0.15, -0.1) is 0 Å². The summed E-state index contributed by atoms with van der Waals surface area (Å²) in [6.07, 6.45) is 11.3. The average molecular weight is 188 g/mol. The van der Waals surface area contributed by atoms with E-state index in [4.69, 9.17) is 4.52 Å². The molecule has 0 amide bonds. The molecule has 1 aliphatic heterocycles. The first-order valence-electron chi connectivity index (χ1n) is 5.31. The van der Waals surface area contributed by atoms with Crippen LogP contribution in [0.4, 0.5) is 0 Å². The van der Waals surface area contributed by atoms with Crippen molar-refractivity contribution in [3.8, 4) is 0 Å². The van der Waals surface area contributed by atoms with E-state index in [9.17, 15) is 0 Å². The molecule has 0 unspecified atom stereocenters. The number of hydrogen-bond acceptors (Lipinski definition) is 1. The maximum absolute atomic E-state index is 5.74. The third-order valence-corrected chi connectivity index (χ3v) is 4.63. The smallest absolute Gasteiger partial charge is 0.0480 e. The van der Waals surface area contributed by atoms with E-state index < -0.39 is 0 Å². The molecule has 0 aromatic heterocycles. The molecule has 0 bridgehead atoms. The lowest BCUT2D eigenvalue weighted by molar-refractivity contribution is 0.376. The normalized spacial score (nSPS) is 22.8. The molecule has 1 saturated heterocycles. The first-order chi connectivity index (χ1) is 5.93. The minimum atomic E-state index is -0.0325. The van der Waals surface area contributed by atoms with Crippen LogP contribution in [0.1, 0.15) is 45.4 Å². The van der Waals surface area contributed by atoms with E-state index in [2.05, 4.69) is 6.92 Å². The van der Waals surface area contributed by atoms with Crippen LogP contribution in [-0.2, 0) is 4.52 Å². The molecule has 1 fully saturated rings. The standard InChI is InChI=1S/C10H21OP/c1-2-11-12-9-7-5-3-4-6-8-10-12/h2-10H2,1H3. The molecule has 1 nitrogen and oxygen atoms in total. The summed E-state index contributed by atoms with van der Waals surface area (Å²) in [5.41, 5.74) is 0. The molecular weight excluding hydrogens is 167 g/mol. The maximum Gasteiger partial charge on any atom is 0.0480 e. The summed E-state index contributed by atoms with van der Waals surface area (Å²) >= 11 is 0. The highest BCUT2D eigenvalue weighted by atomic mass is 31.1. The van der Waals surface area contributed by atoms with Crippen LogP contribution < -0.4 is 0 Å². The molecule has 0 N–H and O–H groups in total. The van der Waals surface area contributed by atoms with Crippen LogP contribution >= 0.6 is 8.15 Å². The van der Waals surface area contributed by atoms with Crippen LogP contribution in [0, 0.1) is 0 Å². The third kappa shape index (κ3) is 4.42. The van der Waals surface area contributed by atoms with Crippen molar-refractivity contribution in [3.63, 3.8) is 0 Å². The van der Waals surface area contributed by atoms with Crippen LogP contribution in [0.5, 0.6) is 0 Å². The Morgan fingerprint density at radius 2 is 1.42 bits per heavy atom. The fraction of sp³-hybridized carbons (Fsp3) is 1.00. The molecule has 2 heteroatoms. The Labute approximate surface area is 77.7 Å². The first-order valence-corrected chi connectivity index (χ1v) is 6.94. The van der Waals surface area contributed by atoms with Gasteiger partial charge in [0.2, 0.25) is 0 Å². The van der Waals surface area contributed by atoms with Gasteiger partial charge in [0.05, 0.1) is 0 Å². The largest absolute Gasteiger partial charge is 0.360 e. The van der Waals surface area contributed by atoms with Crippen LogP contribution in [-0.4, -0.2) is 18.9 Å². The van der Waals surface area contributed by atoms with Crippen LogP contribution in [0.2, 0.25) is 0 Å². The number of hydrogen-bond donors (Lipinski definition) is 0. The number of rotatable bonds is 2. The molecule has 1 rings (SSSR count). The van der Waals surface area contributed by atoms with Crippen molar-refractivity contribution in [2.45, 2.75) is 45.4 Å². The second-order valence-corrected chi connectivity index (χ2v) is 5.58. The Hall–Kier alpha value is 0.390. The summed E-state index contributed by atoms with van der Waals surface area (Å²) in [6, 6.07) is 0. The Morgan fingerprint density at radius 1 is 0.917 bits per heavy atom. The molecule has 1 heterocycles. The summed E-state index contributed by atoms with van der Waals surface area (Å²) in [4.78, 5) is 0. The van der Waals surface area contributed by atoms with Crippen molar-refractivity contribution >= 4 is 8.15 Å². The first kappa shape index (κ1) is 10.5. The predicted octanol–water partition coefficient (Wildman–Crippen LogP) is 3.77. The van der Waals surface area contributed by atoms with E-state index >= 15 is 0 Å². The predicted molar refractivity (Wildman–Crippen MR) is 56.0 cm³/mol. The molecule has 72 valence electrons.